The minimum Gasteiger partial charge on any atom is -0.494 e. The molecule has 0 heterocycles. The summed E-state index contributed by atoms with van der Waals surface area (Å²) in [6.45, 7) is 2.88. The van der Waals surface area contributed by atoms with E-state index in [-0.39, 0.29) is 10.0 Å². The van der Waals surface area contributed by atoms with Crippen LogP contribution < -0.4 is 24.8 Å². The molecule has 1 amide bonds. The van der Waals surface area contributed by atoms with E-state index in [1.165, 1.54) is 17.7 Å². The molecule has 4 rings (SSSR count). The van der Waals surface area contributed by atoms with Crippen LogP contribution in [0.4, 0.5) is 11.4 Å². The first-order chi connectivity index (χ1) is 19.3. The van der Waals surface area contributed by atoms with Gasteiger partial charge in [0.25, 0.3) is 15.9 Å². The third-order valence-corrected chi connectivity index (χ3v) is 7.27. The van der Waals surface area contributed by atoms with E-state index < -0.39 is 15.9 Å². The maximum absolute atomic E-state index is 12.8. The third kappa shape index (κ3) is 8.29. The Morgan fingerprint density at radius 2 is 1.50 bits per heavy atom. The first-order valence-corrected chi connectivity index (χ1v) is 14.5. The summed E-state index contributed by atoms with van der Waals surface area (Å²) in [7, 11) is -3.80. The zero-order valence-electron chi connectivity index (χ0n) is 21.8. The lowest BCUT2D eigenvalue weighted by Gasteiger charge is -2.12. The highest BCUT2D eigenvalue weighted by atomic mass is 32.2. The first kappa shape index (κ1) is 28.6. The number of ether oxygens (including phenoxy) is 2. The molecule has 0 fully saturated rings. The van der Waals surface area contributed by atoms with E-state index in [1.54, 1.807) is 60.7 Å². The predicted molar refractivity (Wildman–Crippen MR) is 161 cm³/mol. The number of hydrogen-bond acceptors (Lipinski definition) is 6. The van der Waals surface area contributed by atoms with Gasteiger partial charge in [-0.1, -0.05) is 36.4 Å². The van der Waals surface area contributed by atoms with Gasteiger partial charge in [-0.15, -0.1) is 0 Å². The van der Waals surface area contributed by atoms with Gasteiger partial charge in [-0.25, -0.2) is 8.42 Å². The molecule has 8 nitrogen and oxygen atoms in total. The monoisotopic (exact) mass is 575 g/mol. The molecule has 0 bridgehead atoms. The lowest BCUT2D eigenvalue weighted by atomic mass is 10.2. The second kappa shape index (κ2) is 13.6. The summed E-state index contributed by atoms with van der Waals surface area (Å²) in [5.41, 5.74) is 2.49. The molecule has 206 valence electrons. The van der Waals surface area contributed by atoms with Gasteiger partial charge in [0, 0.05) is 23.4 Å². The Morgan fingerprint density at radius 3 is 2.20 bits per heavy atom. The SMILES string of the molecule is CCOc1ccc(NS(=O)(=O)c2ccc(NC(=S)NC(=O)c3cccc(OCCc4ccccc4)c3)cc2)cc1. The molecule has 10 heteroatoms. The normalized spacial score (nSPS) is 10.8. The number of nitrogens with one attached hydrogen (secondary N) is 3. The zero-order valence-corrected chi connectivity index (χ0v) is 23.4. The number of rotatable bonds is 11. The minimum atomic E-state index is -3.80. The van der Waals surface area contributed by atoms with E-state index in [2.05, 4.69) is 15.4 Å². The number of carbonyl (C=O) groups is 1. The Hall–Kier alpha value is -4.41. The Kier molecular flexibility index (Phi) is 9.71. The van der Waals surface area contributed by atoms with Crippen LogP contribution in [-0.4, -0.2) is 32.7 Å². The molecule has 3 N–H and O–H groups in total. The maximum Gasteiger partial charge on any atom is 0.261 e. The van der Waals surface area contributed by atoms with Gasteiger partial charge < -0.3 is 14.8 Å². The maximum atomic E-state index is 12.8. The number of carbonyl (C=O) groups excluding carboxylic acids is 1. The van der Waals surface area contributed by atoms with Crippen molar-refractivity contribution in [3.05, 3.63) is 114 Å². The smallest absolute Gasteiger partial charge is 0.261 e. The van der Waals surface area contributed by atoms with Crippen molar-refractivity contribution in [2.45, 2.75) is 18.2 Å². The average molecular weight is 576 g/mol. The van der Waals surface area contributed by atoms with Gasteiger partial charge in [-0.05, 0) is 91.4 Å². The second-order valence-electron chi connectivity index (χ2n) is 8.61. The van der Waals surface area contributed by atoms with Crippen molar-refractivity contribution < 1.29 is 22.7 Å². The Morgan fingerprint density at radius 1 is 0.800 bits per heavy atom. The van der Waals surface area contributed by atoms with Crippen molar-refractivity contribution >= 4 is 44.6 Å². The van der Waals surface area contributed by atoms with Gasteiger partial charge in [0.05, 0.1) is 18.1 Å². The van der Waals surface area contributed by atoms with Crippen molar-refractivity contribution in [1.82, 2.24) is 5.32 Å². The van der Waals surface area contributed by atoms with Crippen LogP contribution in [-0.2, 0) is 16.4 Å². The third-order valence-electron chi connectivity index (χ3n) is 5.67. The molecule has 0 atom stereocenters. The summed E-state index contributed by atoms with van der Waals surface area (Å²) in [5, 5.41) is 5.60. The highest BCUT2D eigenvalue weighted by Crippen LogP contribution is 2.21. The first-order valence-electron chi connectivity index (χ1n) is 12.6. The number of hydrogen-bond donors (Lipinski definition) is 3. The summed E-state index contributed by atoms with van der Waals surface area (Å²) in [6.07, 6.45) is 0.753. The van der Waals surface area contributed by atoms with Crippen molar-refractivity contribution in [2.24, 2.45) is 0 Å². The number of amides is 1. The van der Waals surface area contributed by atoms with E-state index in [4.69, 9.17) is 21.7 Å². The Balaban J connectivity index is 1.29. The molecule has 0 saturated carbocycles. The van der Waals surface area contributed by atoms with Crippen molar-refractivity contribution in [1.29, 1.82) is 0 Å². The molecule has 0 radical (unpaired) electrons. The molecule has 0 spiro atoms. The van der Waals surface area contributed by atoms with E-state index in [0.29, 0.717) is 41.7 Å². The Labute approximate surface area is 239 Å². The highest BCUT2D eigenvalue weighted by Gasteiger charge is 2.15. The molecule has 0 aromatic heterocycles. The standard InChI is InChI=1S/C30H29N3O5S2/c1-2-37-26-15-11-25(12-16-26)33-40(35,36)28-17-13-24(14-18-28)31-30(39)32-29(34)23-9-6-10-27(21-23)38-20-19-22-7-4-3-5-8-22/h3-18,21,33H,2,19-20H2,1H3,(H2,31,32,34,39). The lowest BCUT2D eigenvalue weighted by Crippen LogP contribution is -2.34. The molecule has 40 heavy (non-hydrogen) atoms. The largest absolute Gasteiger partial charge is 0.494 e. The average Bonchev–Trinajstić information content (AvgIpc) is 2.95. The van der Waals surface area contributed by atoms with Gasteiger partial charge >= 0.3 is 0 Å². The fraction of sp³-hybridized carbons (Fsp3) is 0.133. The van der Waals surface area contributed by atoms with Crippen LogP contribution in [0.25, 0.3) is 0 Å². The molecular formula is C30H29N3O5S2. The lowest BCUT2D eigenvalue weighted by molar-refractivity contribution is 0.0977. The van der Waals surface area contributed by atoms with Crippen LogP contribution in [0.5, 0.6) is 11.5 Å². The van der Waals surface area contributed by atoms with Gasteiger partial charge in [-0.2, -0.15) is 0 Å². The van der Waals surface area contributed by atoms with Crippen LogP contribution in [0.1, 0.15) is 22.8 Å². The fourth-order valence-corrected chi connectivity index (χ4v) is 4.98. The molecule has 0 aliphatic rings. The molecule has 4 aromatic carbocycles. The fourth-order valence-electron chi connectivity index (χ4n) is 3.71. The highest BCUT2D eigenvalue weighted by molar-refractivity contribution is 7.92. The van der Waals surface area contributed by atoms with Crippen LogP contribution in [0.3, 0.4) is 0 Å². The van der Waals surface area contributed by atoms with Gasteiger partial charge in [-0.3, -0.25) is 14.8 Å². The van der Waals surface area contributed by atoms with Crippen molar-refractivity contribution in [2.75, 3.05) is 23.3 Å². The summed E-state index contributed by atoms with van der Waals surface area (Å²) in [6, 6.07) is 29.5. The number of benzene rings is 4. The molecular weight excluding hydrogens is 546 g/mol. The topological polar surface area (TPSA) is 106 Å². The molecule has 4 aromatic rings. The van der Waals surface area contributed by atoms with Gasteiger partial charge in [0.1, 0.15) is 11.5 Å². The van der Waals surface area contributed by atoms with Gasteiger partial charge in [0.2, 0.25) is 0 Å². The van der Waals surface area contributed by atoms with Crippen LogP contribution in [0, 0.1) is 0 Å². The van der Waals surface area contributed by atoms with E-state index >= 15 is 0 Å². The van der Waals surface area contributed by atoms with Crippen molar-refractivity contribution in [3.63, 3.8) is 0 Å². The van der Waals surface area contributed by atoms with Crippen molar-refractivity contribution in [3.8, 4) is 11.5 Å². The molecule has 0 aliphatic heterocycles. The summed E-state index contributed by atoms with van der Waals surface area (Å²) in [5.74, 6) is 0.840. The number of sulfonamides is 1. The van der Waals surface area contributed by atoms with E-state index in [9.17, 15) is 13.2 Å². The van der Waals surface area contributed by atoms with E-state index in [1.807, 2.05) is 37.3 Å². The Bertz CT molecular complexity index is 1540. The zero-order chi connectivity index (χ0) is 28.4. The molecule has 0 unspecified atom stereocenters. The molecule has 0 saturated heterocycles. The second-order valence-corrected chi connectivity index (χ2v) is 10.7. The van der Waals surface area contributed by atoms with Crippen LogP contribution in [0.15, 0.2) is 108 Å². The summed E-state index contributed by atoms with van der Waals surface area (Å²) < 4.78 is 39.2. The van der Waals surface area contributed by atoms with Gasteiger partial charge in [0.15, 0.2) is 5.11 Å². The van der Waals surface area contributed by atoms with Crippen LogP contribution in [0.2, 0.25) is 0 Å². The van der Waals surface area contributed by atoms with E-state index in [0.717, 1.165) is 6.42 Å². The minimum absolute atomic E-state index is 0.0727. The summed E-state index contributed by atoms with van der Waals surface area (Å²) >= 11 is 5.28. The summed E-state index contributed by atoms with van der Waals surface area (Å²) in [4.78, 5) is 12.8. The number of thiocarbonyl (C=S) groups is 1. The molecule has 0 aliphatic carbocycles. The number of anilines is 2. The quantitative estimate of drug-likeness (QED) is 0.199. The predicted octanol–water partition coefficient (Wildman–Crippen LogP) is 5.63. The van der Waals surface area contributed by atoms with Crippen LogP contribution >= 0.6 is 12.2 Å².